The molecule has 100 valence electrons. The van der Waals surface area contributed by atoms with Gasteiger partial charge in [-0.15, -0.1) is 0 Å². The van der Waals surface area contributed by atoms with Gasteiger partial charge in [-0.05, 0) is 36.9 Å². The normalized spacial score (nSPS) is 12.5. The smallest absolute Gasteiger partial charge is 0.224 e. The van der Waals surface area contributed by atoms with Gasteiger partial charge in [-0.25, -0.2) is 0 Å². The van der Waals surface area contributed by atoms with E-state index >= 15 is 0 Å². The van der Waals surface area contributed by atoms with Crippen molar-refractivity contribution in [2.45, 2.75) is 39.7 Å². The van der Waals surface area contributed by atoms with Crippen LogP contribution in [-0.4, -0.2) is 18.5 Å². The standard InChI is InChI=1S/C15H24N2O/c1-11(2)14(8-9-16)17-15(18)10-13-7-5-4-6-12(13)3/h4-7,11,14H,8-10,16H2,1-3H3,(H,17,18). The number of amides is 1. The van der Waals surface area contributed by atoms with E-state index in [4.69, 9.17) is 5.73 Å². The van der Waals surface area contributed by atoms with Crippen molar-refractivity contribution in [3.05, 3.63) is 35.4 Å². The molecule has 1 aromatic carbocycles. The summed E-state index contributed by atoms with van der Waals surface area (Å²) in [6.45, 7) is 6.85. The molecule has 0 heterocycles. The minimum atomic E-state index is 0.0800. The van der Waals surface area contributed by atoms with Crippen molar-refractivity contribution in [2.24, 2.45) is 11.7 Å². The van der Waals surface area contributed by atoms with Crippen molar-refractivity contribution in [1.82, 2.24) is 5.32 Å². The van der Waals surface area contributed by atoms with Gasteiger partial charge >= 0.3 is 0 Å². The third-order valence-electron chi connectivity index (χ3n) is 3.24. The number of carbonyl (C=O) groups excluding carboxylic acids is 1. The fourth-order valence-electron chi connectivity index (χ4n) is 1.99. The highest BCUT2D eigenvalue weighted by molar-refractivity contribution is 5.79. The van der Waals surface area contributed by atoms with Crippen LogP contribution in [0.2, 0.25) is 0 Å². The number of carbonyl (C=O) groups is 1. The second-order valence-electron chi connectivity index (χ2n) is 5.10. The first-order valence-corrected chi connectivity index (χ1v) is 6.58. The second-order valence-corrected chi connectivity index (χ2v) is 5.10. The Morgan fingerprint density at radius 3 is 2.56 bits per heavy atom. The molecule has 3 heteroatoms. The van der Waals surface area contributed by atoms with Crippen molar-refractivity contribution >= 4 is 5.91 Å². The van der Waals surface area contributed by atoms with Crippen LogP contribution < -0.4 is 11.1 Å². The Morgan fingerprint density at radius 2 is 2.00 bits per heavy atom. The zero-order valence-electron chi connectivity index (χ0n) is 11.6. The molecule has 0 fully saturated rings. The monoisotopic (exact) mass is 248 g/mol. The first kappa shape index (κ1) is 14.7. The van der Waals surface area contributed by atoms with Crippen LogP contribution in [0.1, 0.15) is 31.4 Å². The molecule has 1 rings (SSSR count). The molecular formula is C15H24N2O. The quantitative estimate of drug-likeness (QED) is 0.809. The molecule has 0 bridgehead atoms. The summed E-state index contributed by atoms with van der Waals surface area (Å²) in [4.78, 5) is 12.0. The summed E-state index contributed by atoms with van der Waals surface area (Å²) < 4.78 is 0. The molecule has 0 aliphatic rings. The van der Waals surface area contributed by atoms with Gasteiger partial charge in [-0.1, -0.05) is 38.1 Å². The summed E-state index contributed by atoms with van der Waals surface area (Å²) >= 11 is 0. The molecule has 18 heavy (non-hydrogen) atoms. The van der Waals surface area contributed by atoms with E-state index in [1.54, 1.807) is 0 Å². The average Bonchev–Trinajstić information content (AvgIpc) is 2.31. The molecule has 0 saturated carbocycles. The maximum absolute atomic E-state index is 12.0. The molecule has 0 saturated heterocycles. The van der Waals surface area contributed by atoms with Crippen molar-refractivity contribution in [2.75, 3.05) is 6.54 Å². The third-order valence-corrected chi connectivity index (χ3v) is 3.24. The Labute approximate surface area is 110 Å². The third kappa shape index (κ3) is 4.49. The summed E-state index contributed by atoms with van der Waals surface area (Å²) in [5.74, 6) is 0.492. The minimum absolute atomic E-state index is 0.0800. The zero-order chi connectivity index (χ0) is 13.5. The highest BCUT2D eigenvalue weighted by atomic mass is 16.1. The summed E-state index contributed by atoms with van der Waals surface area (Å²) in [7, 11) is 0. The van der Waals surface area contributed by atoms with Gasteiger partial charge < -0.3 is 11.1 Å². The number of aryl methyl sites for hydroxylation is 1. The minimum Gasteiger partial charge on any atom is -0.353 e. The molecule has 1 unspecified atom stereocenters. The van der Waals surface area contributed by atoms with Crippen LogP contribution in [0.3, 0.4) is 0 Å². The first-order valence-electron chi connectivity index (χ1n) is 6.58. The molecule has 3 nitrogen and oxygen atoms in total. The summed E-state index contributed by atoms with van der Waals surface area (Å²) in [5.41, 5.74) is 7.82. The fraction of sp³-hybridized carbons (Fsp3) is 0.533. The van der Waals surface area contributed by atoms with Crippen molar-refractivity contribution in [3.8, 4) is 0 Å². The van der Waals surface area contributed by atoms with Gasteiger partial charge in [-0.2, -0.15) is 0 Å². The summed E-state index contributed by atoms with van der Waals surface area (Å²) in [5, 5.41) is 3.07. The molecule has 0 radical (unpaired) electrons. The molecular weight excluding hydrogens is 224 g/mol. The lowest BCUT2D eigenvalue weighted by molar-refractivity contribution is -0.121. The van der Waals surface area contributed by atoms with E-state index in [9.17, 15) is 4.79 Å². The topological polar surface area (TPSA) is 55.1 Å². The Balaban J connectivity index is 2.58. The summed E-state index contributed by atoms with van der Waals surface area (Å²) in [6.07, 6.45) is 1.28. The molecule has 1 amide bonds. The van der Waals surface area contributed by atoms with E-state index in [1.165, 1.54) is 0 Å². The Hall–Kier alpha value is -1.35. The first-order chi connectivity index (χ1) is 8.54. The van der Waals surface area contributed by atoms with E-state index in [0.717, 1.165) is 17.5 Å². The molecule has 1 atom stereocenters. The Bertz CT molecular complexity index is 388. The SMILES string of the molecule is Cc1ccccc1CC(=O)NC(CCN)C(C)C. The van der Waals surface area contributed by atoms with Gasteiger partial charge in [0.05, 0.1) is 6.42 Å². The highest BCUT2D eigenvalue weighted by Gasteiger charge is 2.15. The predicted octanol–water partition coefficient (Wildman–Crippen LogP) is 2.03. The molecule has 0 aromatic heterocycles. The van der Waals surface area contributed by atoms with E-state index in [2.05, 4.69) is 19.2 Å². The van der Waals surface area contributed by atoms with Gasteiger partial charge in [0.2, 0.25) is 5.91 Å². The average molecular weight is 248 g/mol. The van der Waals surface area contributed by atoms with Crippen LogP contribution in [0.25, 0.3) is 0 Å². The van der Waals surface area contributed by atoms with Gasteiger partial charge in [0.15, 0.2) is 0 Å². The number of benzene rings is 1. The lowest BCUT2D eigenvalue weighted by atomic mass is 10.00. The Morgan fingerprint density at radius 1 is 1.33 bits per heavy atom. The molecule has 1 aromatic rings. The molecule has 0 aliphatic heterocycles. The van der Waals surface area contributed by atoms with E-state index < -0.39 is 0 Å². The van der Waals surface area contributed by atoms with Crippen molar-refractivity contribution in [3.63, 3.8) is 0 Å². The molecule has 3 N–H and O–H groups in total. The number of nitrogens with two attached hydrogens (primary N) is 1. The highest BCUT2D eigenvalue weighted by Crippen LogP contribution is 2.09. The molecule has 0 spiro atoms. The fourth-order valence-corrected chi connectivity index (χ4v) is 1.99. The van der Waals surface area contributed by atoms with Crippen LogP contribution in [0.5, 0.6) is 0 Å². The van der Waals surface area contributed by atoms with Crippen LogP contribution >= 0.6 is 0 Å². The van der Waals surface area contributed by atoms with Crippen LogP contribution in [-0.2, 0) is 11.2 Å². The van der Waals surface area contributed by atoms with E-state index in [0.29, 0.717) is 18.9 Å². The maximum atomic E-state index is 12.0. The lowest BCUT2D eigenvalue weighted by Gasteiger charge is -2.22. The van der Waals surface area contributed by atoms with Crippen molar-refractivity contribution < 1.29 is 4.79 Å². The van der Waals surface area contributed by atoms with Crippen molar-refractivity contribution in [1.29, 1.82) is 0 Å². The second kappa shape index (κ2) is 7.17. The van der Waals surface area contributed by atoms with Crippen LogP contribution in [0.4, 0.5) is 0 Å². The van der Waals surface area contributed by atoms with Crippen LogP contribution in [0, 0.1) is 12.8 Å². The Kier molecular flexibility index (Phi) is 5.86. The lowest BCUT2D eigenvalue weighted by Crippen LogP contribution is -2.40. The van der Waals surface area contributed by atoms with E-state index in [-0.39, 0.29) is 11.9 Å². The number of rotatable bonds is 6. The number of hydrogen-bond acceptors (Lipinski definition) is 2. The van der Waals surface area contributed by atoms with Gasteiger partial charge in [-0.3, -0.25) is 4.79 Å². The van der Waals surface area contributed by atoms with Gasteiger partial charge in [0.25, 0.3) is 0 Å². The number of hydrogen-bond donors (Lipinski definition) is 2. The van der Waals surface area contributed by atoms with Crippen LogP contribution in [0.15, 0.2) is 24.3 Å². The largest absolute Gasteiger partial charge is 0.353 e. The van der Waals surface area contributed by atoms with E-state index in [1.807, 2.05) is 31.2 Å². The molecule has 0 aliphatic carbocycles. The zero-order valence-corrected chi connectivity index (χ0v) is 11.6. The maximum Gasteiger partial charge on any atom is 0.224 e. The summed E-state index contributed by atoms with van der Waals surface area (Å²) in [6, 6.07) is 8.16. The van der Waals surface area contributed by atoms with Gasteiger partial charge in [0.1, 0.15) is 0 Å². The van der Waals surface area contributed by atoms with Gasteiger partial charge in [0, 0.05) is 6.04 Å². The predicted molar refractivity (Wildman–Crippen MR) is 75.3 cm³/mol. The number of nitrogens with one attached hydrogen (secondary N) is 1.